The molecule has 2 aromatic rings. The number of piperazine rings is 1. The van der Waals surface area contributed by atoms with E-state index >= 15 is 0 Å². The molecular formula is C24H35N3O4. The average Bonchev–Trinajstić information content (AvgIpc) is 2.79. The summed E-state index contributed by atoms with van der Waals surface area (Å²) in [4.78, 5) is 4.58. The smallest absolute Gasteiger partial charge is 0.161 e. The Kier molecular flexibility index (Phi) is 8.97. The molecule has 1 saturated heterocycles. The van der Waals surface area contributed by atoms with Crippen LogP contribution in [-0.4, -0.2) is 81.6 Å². The molecule has 7 heteroatoms. The minimum Gasteiger partial charge on any atom is -0.496 e. The molecule has 1 atom stereocenters. The van der Waals surface area contributed by atoms with Gasteiger partial charge < -0.3 is 29.5 Å². The largest absolute Gasteiger partial charge is 0.496 e. The highest BCUT2D eigenvalue weighted by atomic mass is 16.5. The summed E-state index contributed by atoms with van der Waals surface area (Å²) in [5, 5.41) is 13.9. The summed E-state index contributed by atoms with van der Waals surface area (Å²) in [7, 11) is 5.44. The fourth-order valence-electron chi connectivity index (χ4n) is 3.70. The van der Waals surface area contributed by atoms with Crippen LogP contribution < -0.4 is 19.5 Å². The molecule has 0 bridgehead atoms. The van der Waals surface area contributed by atoms with Crippen molar-refractivity contribution in [3.8, 4) is 17.2 Å². The number of likely N-dealkylation sites (N-methyl/N-ethyl adjacent to an activating group) is 1. The molecule has 2 N–H and O–H groups in total. The Morgan fingerprint density at radius 2 is 1.68 bits per heavy atom. The van der Waals surface area contributed by atoms with E-state index in [0.717, 1.165) is 43.1 Å². The Hall–Kier alpha value is -2.32. The lowest BCUT2D eigenvalue weighted by Gasteiger charge is -2.33. The zero-order valence-electron chi connectivity index (χ0n) is 18.8. The third-order valence-electron chi connectivity index (χ3n) is 5.56. The van der Waals surface area contributed by atoms with Crippen LogP contribution in [-0.2, 0) is 13.1 Å². The fourth-order valence-corrected chi connectivity index (χ4v) is 3.70. The number of methoxy groups -OCH3 is 2. The van der Waals surface area contributed by atoms with E-state index in [2.05, 4.69) is 28.2 Å². The van der Waals surface area contributed by atoms with E-state index in [1.165, 1.54) is 0 Å². The molecular weight excluding hydrogens is 394 g/mol. The van der Waals surface area contributed by atoms with E-state index in [4.69, 9.17) is 14.2 Å². The monoisotopic (exact) mass is 429 g/mol. The van der Waals surface area contributed by atoms with Gasteiger partial charge >= 0.3 is 0 Å². The van der Waals surface area contributed by atoms with Crippen LogP contribution in [0.5, 0.6) is 17.2 Å². The molecule has 170 valence electrons. The van der Waals surface area contributed by atoms with Gasteiger partial charge in [0.05, 0.1) is 14.2 Å². The van der Waals surface area contributed by atoms with Gasteiger partial charge in [0.1, 0.15) is 18.5 Å². The lowest BCUT2D eigenvalue weighted by molar-refractivity contribution is 0.0498. The minimum absolute atomic E-state index is 0.237. The first-order chi connectivity index (χ1) is 15.1. The van der Waals surface area contributed by atoms with Gasteiger partial charge in [0.2, 0.25) is 0 Å². The molecule has 1 fully saturated rings. The van der Waals surface area contributed by atoms with Gasteiger partial charge in [0.25, 0.3) is 0 Å². The minimum atomic E-state index is -0.541. The Morgan fingerprint density at radius 1 is 0.935 bits per heavy atom. The van der Waals surface area contributed by atoms with E-state index in [9.17, 15) is 5.11 Å². The van der Waals surface area contributed by atoms with Crippen LogP contribution >= 0.6 is 0 Å². The highest BCUT2D eigenvalue weighted by Gasteiger charge is 2.18. The third-order valence-corrected chi connectivity index (χ3v) is 5.56. The first-order valence-electron chi connectivity index (χ1n) is 10.8. The molecule has 3 rings (SSSR count). The zero-order valence-corrected chi connectivity index (χ0v) is 18.8. The molecule has 0 amide bonds. The van der Waals surface area contributed by atoms with Crippen molar-refractivity contribution < 1.29 is 19.3 Å². The number of rotatable bonds is 11. The maximum Gasteiger partial charge on any atom is 0.161 e. The van der Waals surface area contributed by atoms with Crippen molar-refractivity contribution in [2.24, 2.45) is 0 Å². The predicted molar refractivity (Wildman–Crippen MR) is 122 cm³/mol. The van der Waals surface area contributed by atoms with E-state index in [1.54, 1.807) is 14.2 Å². The van der Waals surface area contributed by atoms with Gasteiger partial charge in [-0.1, -0.05) is 24.3 Å². The van der Waals surface area contributed by atoms with Crippen molar-refractivity contribution in [3.05, 3.63) is 53.6 Å². The number of ether oxygens (including phenoxy) is 3. The average molecular weight is 430 g/mol. The summed E-state index contributed by atoms with van der Waals surface area (Å²) in [5.41, 5.74) is 2.20. The summed E-state index contributed by atoms with van der Waals surface area (Å²) < 4.78 is 16.8. The van der Waals surface area contributed by atoms with Crippen LogP contribution in [0, 0.1) is 0 Å². The molecule has 0 saturated carbocycles. The summed E-state index contributed by atoms with van der Waals surface area (Å²) in [6.45, 7) is 6.26. The van der Waals surface area contributed by atoms with Crippen molar-refractivity contribution in [2.45, 2.75) is 19.2 Å². The van der Waals surface area contributed by atoms with E-state index in [-0.39, 0.29) is 6.61 Å². The zero-order chi connectivity index (χ0) is 22.1. The quantitative estimate of drug-likeness (QED) is 0.566. The van der Waals surface area contributed by atoms with Gasteiger partial charge in [-0.05, 0) is 30.8 Å². The second-order valence-corrected chi connectivity index (χ2v) is 7.97. The molecule has 0 aliphatic carbocycles. The number of hydrogen-bond donors (Lipinski definition) is 2. The van der Waals surface area contributed by atoms with Crippen LogP contribution in [0.4, 0.5) is 0 Å². The number of nitrogens with one attached hydrogen (secondary N) is 1. The summed E-state index contributed by atoms with van der Waals surface area (Å²) >= 11 is 0. The first-order valence-corrected chi connectivity index (χ1v) is 10.8. The fraction of sp³-hybridized carbons (Fsp3) is 0.500. The molecule has 0 radical (unpaired) electrons. The molecule has 2 aromatic carbocycles. The number of para-hydroxylation sites is 1. The first kappa shape index (κ1) is 23.3. The third kappa shape index (κ3) is 7.11. The highest BCUT2D eigenvalue weighted by Crippen LogP contribution is 2.28. The number of benzene rings is 2. The summed E-state index contributed by atoms with van der Waals surface area (Å²) in [5.74, 6) is 2.19. The van der Waals surface area contributed by atoms with Crippen molar-refractivity contribution in [2.75, 3.05) is 60.6 Å². The van der Waals surface area contributed by atoms with Crippen LogP contribution in [0.1, 0.15) is 11.1 Å². The van der Waals surface area contributed by atoms with Crippen molar-refractivity contribution in [1.29, 1.82) is 0 Å². The SMILES string of the molecule is COc1ccccc1CNCc1ccc(OC)c(OC[C@@H](O)CN2CCN(C)CC2)c1. The number of nitrogens with zero attached hydrogens (tertiary/aromatic N) is 2. The second-order valence-electron chi connectivity index (χ2n) is 7.97. The van der Waals surface area contributed by atoms with Crippen LogP contribution in [0.2, 0.25) is 0 Å². The van der Waals surface area contributed by atoms with Gasteiger partial charge in [-0.2, -0.15) is 0 Å². The topological polar surface area (TPSA) is 66.4 Å². The van der Waals surface area contributed by atoms with Crippen molar-refractivity contribution in [3.63, 3.8) is 0 Å². The van der Waals surface area contributed by atoms with Crippen LogP contribution in [0.3, 0.4) is 0 Å². The lowest BCUT2D eigenvalue weighted by atomic mass is 10.1. The Labute approximate surface area is 185 Å². The van der Waals surface area contributed by atoms with Gasteiger partial charge in [0.15, 0.2) is 11.5 Å². The van der Waals surface area contributed by atoms with Crippen molar-refractivity contribution >= 4 is 0 Å². The molecule has 1 heterocycles. The maximum atomic E-state index is 10.4. The molecule has 0 spiro atoms. The summed E-state index contributed by atoms with van der Waals surface area (Å²) in [6.07, 6.45) is -0.541. The molecule has 31 heavy (non-hydrogen) atoms. The molecule has 1 aliphatic rings. The Morgan fingerprint density at radius 3 is 2.42 bits per heavy atom. The number of hydrogen-bond acceptors (Lipinski definition) is 7. The number of aliphatic hydroxyl groups excluding tert-OH is 1. The van der Waals surface area contributed by atoms with E-state index in [0.29, 0.717) is 31.1 Å². The number of aliphatic hydroxyl groups is 1. The molecule has 1 aliphatic heterocycles. The van der Waals surface area contributed by atoms with E-state index in [1.807, 2.05) is 36.4 Å². The van der Waals surface area contributed by atoms with Crippen LogP contribution in [0.15, 0.2) is 42.5 Å². The molecule has 0 unspecified atom stereocenters. The Balaban J connectivity index is 1.51. The Bertz CT molecular complexity index is 809. The number of β-amino-alcohol motifs (C(OH)–C–C–N with tert-alkyl or cyclic N) is 1. The van der Waals surface area contributed by atoms with Crippen molar-refractivity contribution in [1.82, 2.24) is 15.1 Å². The molecule has 0 aromatic heterocycles. The normalized spacial score (nSPS) is 16.1. The van der Waals surface area contributed by atoms with E-state index < -0.39 is 6.10 Å². The standard InChI is InChI=1S/C24H35N3O4/c1-26-10-12-27(13-11-26)17-21(28)18-31-24-14-19(8-9-23(24)30-3)15-25-16-20-6-4-5-7-22(20)29-2/h4-9,14,21,25,28H,10-13,15-18H2,1-3H3/t21-/m0/s1. The second kappa shape index (κ2) is 11.9. The van der Waals surface area contributed by atoms with Gasteiger partial charge in [-0.15, -0.1) is 0 Å². The summed E-state index contributed by atoms with van der Waals surface area (Å²) in [6, 6.07) is 13.9. The highest BCUT2D eigenvalue weighted by molar-refractivity contribution is 5.43. The van der Waals surface area contributed by atoms with Gasteiger partial charge in [-0.25, -0.2) is 0 Å². The predicted octanol–water partition coefficient (Wildman–Crippen LogP) is 1.98. The van der Waals surface area contributed by atoms with Crippen LogP contribution in [0.25, 0.3) is 0 Å². The lowest BCUT2D eigenvalue weighted by Crippen LogP contribution is -2.47. The maximum absolute atomic E-state index is 10.4. The van der Waals surface area contributed by atoms with Gasteiger partial charge in [-0.3, -0.25) is 4.90 Å². The van der Waals surface area contributed by atoms with Gasteiger partial charge in [0, 0.05) is 51.4 Å². The molecule has 7 nitrogen and oxygen atoms in total.